The molecular formula is C21H18F3N2O. The Morgan fingerprint density at radius 2 is 1.85 bits per heavy atom. The van der Waals surface area contributed by atoms with Gasteiger partial charge in [0.2, 0.25) is 0 Å². The number of anilines is 1. The van der Waals surface area contributed by atoms with Gasteiger partial charge in [0.1, 0.15) is 11.9 Å². The van der Waals surface area contributed by atoms with E-state index in [1.54, 1.807) is 18.3 Å². The number of pyridine rings is 1. The van der Waals surface area contributed by atoms with Gasteiger partial charge in [0, 0.05) is 43.2 Å². The lowest BCUT2D eigenvalue weighted by atomic mass is 10.0. The van der Waals surface area contributed by atoms with Crippen LogP contribution >= 0.6 is 0 Å². The summed E-state index contributed by atoms with van der Waals surface area (Å²) in [4.78, 5) is 6.62. The molecule has 0 N–H and O–H groups in total. The smallest absolute Gasteiger partial charge is 0.416 e. The van der Waals surface area contributed by atoms with Gasteiger partial charge in [-0.1, -0.05) is 12.1 Å². The van der Waals surface area contributed by atoms with Crippen molar-refractivity contribution in [1.82, 2.24) is 4.98 Å². The molecule has 3 aromatic rings. The zero-order chi connectivity index (χ0) is 18.9. The Balaban J connectivity index is 1.44. The van der Waals surface area contributed by atoms with Gasteiger partial charge in [0.05, 0.1) is 11.1 Å². The summed E-state index contributed by atoms with van der Waals surface area (Å²) in [5, 5.41) is 0.984. The lowest BCUT2D eigenvalue weighted by molar-refractivity contribution is -0.137. The van der Waals surface area contributed by atoms with Crippen LogP contribution in [0.15, 0.2) is 54.7 Å². The molecule has 0 aliphatic carbocycles. The van der Waals surface area contributed by atoms with E-state index in [2.05, 4.69) is 22.0 Å². The molecule has 6 heteroatoms. The Labute approximate surface area is 155 Å². The standard InChI is InChI=1S/C21H18F3N2O/c22-21(23,24)15-4-1-5-17(14-15)27-16-9-12-26(13-10-16)20-8-2-7-19-18(20)6-3-11-25-19/h1-5,7-8,11,14,16H,9-10,12-13H2. The lowest BCUT2D eigenvalue weighted by Gasteiger charge is -2.34. The zero-order valence-corrected chi connectivity index (χ0v) is 14.5. The minimum Gasteiger partial charge on any atom is -0.490 e. The Hall–Kier alpha value is -2.76. The monoisotopic (exact) mass is 371 g/mol. The van der Waals surface area contributed by atoms with E-state index in [1.807, 2.05) is 12.1 Å². The maximum absolute atomic E-state index is 12.8. The first-order chi connectivity index (χ1) is 13.0. The normalized spacial score (nSPS) is 15.9. The van der Waals surface area contributed by atoms with Gasteiger partial charge in [-0.2, -0.15) is 13.2 Å². The number of rotatable bonds is 3. The minimum atomic E-state index is -4.36. The van der Waals surface area contributed by atoms with Crippen LogP contribution in [0.5, 0.6) is 5.75 Å². The highest BCUT2D eigenvalue weighted by Crippen LogP contribution is 2.33. The number of aromatic nitrogens is 1. The number of benzene rings is 2. The van der Waals surface area contributed by atoms with E-state index in [0.29, 0.717) is 0 Å². The molecule has 4 rings (SSSR count). The molecule has 0 atom stereocenters. The summed E-state index contributed by atoms with van der Waals surface area (Å²) < 4.78 is 44.3. The number of halogens is 3. The molecule has 1 radical (unpaired) electrons. The third-order valence-corrected chi connectivity index (χ3v) is 4.78. The quantitative estimate of drug-likeness (QED) is 0.640. The molecule has 1 saturated heterocycles. The highest BCUT2D eigenvalue weighted by Gasteiger charge is 2.31. The fourth-order valence-corrected chi connectivity index (χ4v) is 3.44. The van der Waals surface area contributed by atoms with Crippen molar-refractivity contribution in [2.24, 2.45) is 0 Å². The van der Waals surface area contributed by atoms with Crippen molar-refractivity contribution in [1.29, 1.82) is 0 Å². The molecule has 2 aromatic carbocycles. The third-order valence-electron chi connectivity index (χ3n) is 4.78. The Kier molecular flexibility index (Phi) is 4.64. The fourth-order valence-electron chi connectivity index (χ4n) is 3.44. The number of hydrogen-bond donors (Lipinski definition) is 0. The van der Waals surface area contributed by atoms with Gasteiger partial charge >= 0.3 is 6.18 Å². The molecule has 0 bridgehead atoms. The van der Waals surface area contributed by atoms with E-state index >= 15 is 0 Å². The summed E-state index contributed by atoms with van der Waals surface area (Å²) in [6.07, 6.45) is -1.25. The second kappa shape index (κ2) is 7.10. The number of piperidine rings is 1. The van der Waals surface area contributed by atoms with Gasteiger partial charge in [-0.05, 0) is 42.5 Å². The van der Waals surface area contributed by atoms with Crippen LogP contribution in [-0.4, -0.2) is 24.2 Å². The Morgan fingerprint density at radius 1 is 1.07 bits per heavy atom. The van der Waals surface area contributed by atoms with Crippen LogP contribution in [0, 0.1) is 6.07 Å². The second-order valence-electron chi connectivity index (χ2n) is 6.59. The van der Waals surface area contributed by atoms with E-state index in [1.165, 1.54) is 6.07 Å². The van der Waals surface area contributed by atoms with Gasteiger partial charge in [-0.25, -0.2) is 0 Å². The molecule has 1 aliphatic rings. The Morgan fingerprint density at radius 3 is 2.63 bits per heavy atom. The summed E-state index contributed by atoms with van der Waals surface area (Å²) in [6.45, 7) is 1.54. The lowest BCUT2D eigenvalue weighted by Crippen LogP contribution is -2.38. The van der Waals surface area contributed by atoms with Crippen LogP contribution in [0.1, 0.15) is 18.4 Å². The predicted octanol–water partition coefficient (Wildman–Crippen LogP) is 5.10. The maximum Gasteiger partial charge on any atom is 0.416 e. The number of hydrogen-bond acceptors (Lipinski definition) is 3. The van der Waals surface area contributed by atoms with E-state index in [4.69, 9.17) is 4.74 Å². The topological polar surface area (TPSA) is 25.4 Å². The van der Waals surface area contributed by atoms with Crippen molar-refractivity contribution >= 4 is 16.6 Å². The molecule has 0 amide bonds. The van der Waals surface area contributed by atoms with E-state index in [9.17, 15) is 13.2 Å². The first-order valence-electron chi connectivity index (χ1n) is 8.85. The molecule has 1 aromatic heterocycles. The number of fused-ring (bicyclic) bond motifs is 1. The number of ether oxygens (including phenoxy) is 1. The first kappa shape index (κ1) is 17.6. The summed E-state index contributed by atoms with van der Waals surface area (Å²) in [6, 6.07) is 16.1. The van der Waals surface area contributed by atoms with Crippen molar-refractivity contribution in [3.05, 3.63) is 66.4 Å². The molecule has 0 spiro atoms. The van der Waals surface area contributed by atoms with Gasteiger partial charge in [-0.15, -0.1) is 0 Å². The predicted molar refractivity (Wildman–Crippen MR) is 97.9 cm³/mol. The van der Waals surface area contributed by atoms with Crippen LogP contribution in [-0.2, 0) is 6.18 Å². The maximum atomic E-state index is 12.8. The zero-order valence-electron chi connectivity index (χ0n) is 14.5. The molecule has 0 saturated carbocycles. The average Bonchev–Trinajstić information content (AvgIpc) is 2.68. The summed E-state index contributed by atoms with van der Waals surface area (Å²) in [5.74, 6) is 0.269. The fraction of sp³-hybridized carbons (Fsp3) is 0.286. The van der Waals surface area contributed by atoms with Crippen LogP contribution in [0.4, 0.5) is 18.9 Å². The van der Waals surface area contributed by atoms with E-state index in [0.717, 1.165) is 54.7 Å². The van der Waals surface area contributed by atoms with Crippen LogP contribution in [0.3, 0.4) is 0 Å². The highest BCUT2D eigenvalue weighted by molar-refractivity contribution is 5.91. The minimum absolute atomic E-state index is 0.0955. The van der Waals surface area contributed by atoms with Crippen LogP contribution < -0.4 is 9.64 Å². The molecule has 1 fully saturated rings. The third kappa shape index (κ3) is 3.84. The molecule has 3 nitrogen and oxygen atoms in total. The van der Waals surface area contributed by atoms with Gasteiger partial charge in [0.25, 0.3) is 0 Å². The highest BCUT2D eigenvalue weighted by atomic mass is 19.4. The van der Waals surface area contributed by atoms with Crippen LogP contribution in [0.25, 0.3) is 10.9 Å². The van der Waals surface area contributed by atoms with Gasteiger partial charge in [-0.3, -0.25) is 4.98 Å². The van der Waals surface area contributed by atoms with E-state index < -0.39 is 11.7 Å². The largest absolute Gasteiger partial charge is 0.490 e. The van der Waals surface area contributed by atoms with Crippen molar-refractivity contribution in [3.8, 4) is 5.75 Å². The second-order valence-corrected chi connectivity index (χ2v) is 6.59. The van der Waals surface area contributed by atoms with Gasteiger partial charge in [0.15, 0.2) is 0 Å². The molecule has 139 valence electrons. The average molecular weight is 371 g/mol. The molecule has 0 unspecified atom stereocenters. The number of nitrogens with zero attached hydrogens (tertiary/aromatic N) is 2. The number of alkyl halides is 3. The summed E-state index contributed by atoms with van der Waals surface area (Å²) in [5.41, 5.74) is 1.30. The molecule has 2 heterocycles. The van der Waals surface area contributed by atoms with Crippen molar-refractivity contribution in [3.63, 3.8) is 0 Å². The van der Waals surface area contributed by atoms with Crippen LogP contribution in [0.2, 0.25) is 0 Å². The molecule has 27 heavy (non-hydrogen) atoms. The summed E-state index contributed by atoms with van der Waals surface area (Å²) in [7, 11) is 0. The molecular weight excluding hydrogens is 353 g/mol. The first-order valence-corrected chi connectivity index (χ1v) is 8.85. The summed E-state index contributed by atoms with van der Waals surface area (Å²) >= 11 is 0. The van der Waals surface area contributed by atoms with E-state index in [-0.39, 0.29) is 11.9 Å². The van der Waals surface area contributed by atoms with Crippen molar-refractivity contribution in [2.75, 3.05) is 18.0 Å². The molecule has 1 aliphatic heterocycles. The van der Waals surface area contributed by atoms with Crippen molar-refractivity contribution in [2.45, 2.75) is 25.1 Å². The SMILES string of the molecule is FC(F)(F)c1cccc(OC2CCN(c3cccc4ncc[c]c34)CC2)c1. The van der Waals surface area contributed by atoms with Gasteiger partial charge < -0.3 is 9.64 Å². The Bertz CT molecular complexity index is 929. The van der Waals surface area contributed by atoms with Crippen molar-refractivity contribution < 1.29 is 17.9 Å².